The number of sulfonamides is 1. The lowest BCUT2D eigenvalue weighted by Gasteiger charge is -2.23. The van der Waals surface area contributed by atoms with Gasteiger partial charge in [0.05, 0.1) is 17.3 Å². The molecular formula is C19H14ClFN4O3S. The Bertz CT molecular complexity index is 1220. The van der Waals surface area contributed by atoms with Crippen LogP contribution in [0.1, 0.15) is 5.69 Å². The van der Waals surface area contributed by atoms with Crippen LogP contribution in [-0.2, 0) is 16.6 Å². The number of pyridine rings is 1. The zero-order chi connectivity index (χ0) is 20.4. The normalized spacial score (nSPS) is 15.9. The summed E-state index contributed by atoms with van der Waals surface area (Å²) in [6, 6.07) is 14.1. The number of fused-ring (bicyclic) bond motifs is 1. The zero-order valence-corrected chi connectivity index (χ0v) is 16.3. The van der Waals surface area contributed by atoms with Crippen molar-refractivity contribution in [2.24, 2.45) is 4.99 Å². The number of aliphatic imine (C=N–C) groups is 1. The number of halogens is 2. The van der Waals surface area contributed by atoms with Gasteiger partial charge < -0.3 is 10.1 Å². The molecule has 2 heterocycles. The predicted octanol–water partition coefficient (Wildman–Crippen LogP) is 3.93. The molecule has 0 radical (unpaired) electrons. The van der Waals surface area contributed by atoms with Crippen LogP contribution in [0.25, 0.3) is 0 Å². The molecule has 29 heavy (non-hydrogen) atoms. The summed E-state index contributed by atoms with van der Waals surface area (Å²) in [4.78, 5) is 8.00. The molecule has 1 aliphatic heterocycles. The van der Waals surface area contributed by atoms with Gasteiger partial charge in [-0.05, 0) is 36.4 Å². The monoisotopic (exact) mass is 432 g/mol. The van der Waals surface area contributed by atoms with Gasteiger partial charge in [-0.1, -0.05) is 29.8 Å². The first-order valence-corrected chi connectivity index (χ1v) is 10.3. The number of hydrogen-bond acceptors (Lipinski definition) is 5. The average Bonchev–Trinajstić information content (AvgIpc) is 2.69. The van der Waals surface area contributed by atoms with Gasteiger partial charge in [-0.2, -0.15) is 0 Å². The molecule has 3 aromatic rings. The molecule has 7 nitrogen and oxygen atoms in total. The lowest BCUT2D eigenvalue weighted by Crippen LogP contribution is -2.40. The summed E-state index contributed by atoms with van der Waals surface area (Å²) in [5.41, 5.74) is 0.291. The second-order valence-electron chi connectivity index (χ2n) is 5.99. The highest BCUT2D eigenvalue weighted by atomic mass is 35.5. The van der Waals surface area contributed by atoms with E-state index in [0.717, 1.165) is 0 Å². The molecule has 2 N–H and O–H groups in total. The van der Waals surface area contributed by atoms with Crippen LogP contribution in [0.3, 0.4) is 0 Å². The van der Waals surface area contributed by atoms with Crippen LogP contribution in [0, 0.1) is 5.82 Å². The van der Waals surface area contributed by atoms with Crippen molar-refractivity contribution >= 4 is 33.3 Å². The number of ether oxygens (including phenoxy) is 1. The Morgan fingerprint density at radius 2 is 1.86 bits per heavy atom. The van der Waals surface area contributed by atoms with Crippen molar-refractivity contribution in [3.8, 4) is 11.5 Å². The first kappa shape index (κ1) is 19.2. The number of rotatable bonds is 4. The molecule has 2 aromatic carbocycles. The van der Waals surface area contributed by atoms with Gasteiger partial charge >= 0.3 is 0 Å². The fourth-order valence-corrected chi connectivity index (χ4v) is 4.01. The first-order chi connectivity index (χ1) is 13.9. The largest absolute Gasteiger partial charge is 0.454 e. The Morgan fingerprint density at radius 1 is 1.07 bits per heavy atom. The number of anilines is 1. The second kappa shape index (κ2) is 7.69. The smallest absolute Gasteiger partial charge is 0.266 e. The summed E-state index contributed by atoms with van der Waals surface area (Å²) in [5, 5.41) is 3.27. The van der Waals surface area contributed by atoms with Gasteiger partial charge in [-0.25, -0.2) is 22.5 Å². The van der Waals surface area contributed by atoms with Gasteiger partial charge in [0.1, 0.15) is 22.1 Å². The Balaban J connectivity index is 1.69. The fourth-order valence-electron chi connectivity index (χ4n) is 2.68. The molecule has 0 aliphatic carbocycles. The summed E-state index contributed by atoms with van der Waals surface area (Å²) >= 11 is 6.13. The maximum Gasteiger partial charge on any atom is 0.266 e. The third-order valence-corrected chi connectivity index (χ3v) is 5.72. The maximum atomic E-state index is 13.8. The van der Waals surface area contributed by atoms with Crippen LogP contribution in [0.2, 0.25) is 5.02 Å². The Hall–Kier alpha value is -3.17. The topological polar surface area (TPSA) is 92.7 Å². The minimum atomic E-state index is -3.90. The van der Waals surface area contributed by atoms with E-state index in [4.69, 9.17) is 16.3 Å². The molecular weight excluding hydrogens is 419 g/mol. The molecule has 0 unspecified atom stereocenters. The highest BCUT2D eigenvalue weighted by Gasteiger charge is 2.29. The third kappa shape index (κ3) is 4.01. The number of para-hydroxylation sites is 2. The van der Waals surface area contributed by atoms with Gasteiger partial charge in [-0.3, -0.25) is 4.98 Å². The van der Waals surface area contributed by atoms with E-state index in [1.807, 2.05) is 0 Å². The summed E-state index contributed by atoms with van der Waals surface area (Å²) in [6.45, 7) is -0.152. The molecule has 10 heteroatoms. The molecule has 1 aromatic heterocycles. The lowest BCUT2D eigenvalue weighted by atomic mass is 10.2. The van der Waals surface area contributed by atoms with Gasteiger partial charge in [-0.15, -0.1) is 0 Å². The van der Waals surface area contributed by atoms with Crippen molar-refractivity contribution in [3.63, 3.8) is 0 Å². The number of nitrogens with zero attached hydrogens (tertiary/aromatic N) is 2. The minimum Gasteiger partial charge on any atom is -0.454 e. The van der Waals surface area contributed by atoms with E-state index in [1.165, 1.54) is 24.4 Å². The molecule has 0 saturated carbocycles. The summed E-state index contributed by atoms with van der Waals surface area (Å²) in [5.74, 6) is 0.0168. The summed E-state index contributed by atoms with van der Waals surface area (Å²) in [7, 11) is -3.90. The van der Waals surface area contributed by atoms with Crippen molar-refractivity contribution in [2.45, 2.75) is 11.4 Å². The van der Waals surface area contributed by atoms with E-state index in [2.05, 4.69) is 20.0 Å². The van der Waals surface area contributed by atoms with Crippen molar-refractivity contribution < 1.29 is 17.5 Å². The SMILES string of the molecule is O=S1(=O)NC(=NCc2ncccc2F)Nc2c(Oc3ccccc3Cl)cccc21. The van der Waals surface area contributed by atoms with E-state index in [1.54, 1.807) is 36.4 Å². The van der Waals surface area contributed by atoms with Crippen LogP contribution in [-0.4, -0.2) is 19.4 Å². The number of hydrogen-bond donors (Lipinski definition) is 2. The number of guanidine groups is 1. The van der Waals surface area contributed by atoms with Gasteiger partial charge in [0.15, 0.2) is 5.75 Å². The van der Waals surface area contributed by atoms with E-state index in [0.29, 0.717) is 10.8 Å². The first-order valence-electron chi connectivity index (χ1n) is 8.43. The van der Waals surface area contributed by atoms with E-state index >= 15 is 0 Å². The number of benzene rings is 2. The van der Waals surface area contributed by atoms with Crippen molar-refractivity contribution in [2.75, 3.05) is 5.32 Å². The molecule has 1 aliphatic rings. The van der Waals surface area contributed by atoms with E-state index in [-0.39, 0.29) is 34.5 Å². The van der Waals surface area contributed by atoms with Gasteiger partial charge in [0, 0.05) is 6.20 Å². The molecule has 148 valence electrons. The maximum absolute atomic E-state index is 13.8. The van der Waals surface area contributed by atoms with E-state index < -0.39 is 15.8 Å². The van der Waals surface area contributed by atoms with Crippen molar-refractivity contribution in [1.29, 1.82) is 0 Å². The molecule has 4 rings (SSSR count). The van der Waals surface area contributed by atoms with Crippen LogP contribution in [0.5, 0.6) is 11.5 Å². The van der Waals surface area contributed by atoms with Crippen LogP contribution in [0.4, 0.5) is 10.1 Å². The van der Waals surface area contributed by atoms with Gasteiger partial charge in [0.2, 0.25) is 5.96 Å². The Labute approximate surface area is 171 Å². The zero-order valence-electron chi connectivity index (χ0n) is 14.8. The third-order valence-electron chi connectivity index (χ3n) is 4.03. The predicted molar refractivity (Wildman–Crippen MR) is 107 cm³/mol. The fraction of sp³-hybridized carbons (Fsp3) is 0.0526. The van der Waals surface area contributed by atoms with Crippen LogP contribution >= 0.6 is 11.6 Å². The Morgan fingerprint density at radius 3 is 2.66 bits per heavy atom. The quantitative estimate of drug-likeness (QED) is 0.651. The highest BCUT2D eigenvalue weighted by Crippen LogP contribution is 2.38. The minimum absolute atomic E-state index is 0.00924. The molecule has 0 atom stereocenters. The average molecular weight is 433 g/mol. The summed E-state index contributed by atoms with van der Waals surface area (Å²) < 4.78 is 47.2. The molecule has 0 saturated heterocycles. The Kier molecular flexibility index (Phi) is 5.08. The highest BCUT2D eigenvalue weighted by molar-refractivity contribution is 7.90. The lowest BCUT2D eigenvalue weighted by molar-refractivity contribution is 0.483. The van der Waals surface area contributed by atoms with Crippen LogP contribution < -0.4 is 14.8 Å². The van der Waals surface area contributed by atoms with Gasteiger partial charge in [0.25, 0.3) is 10.0 Å². The van der Waals surface area contributed by atoms with Crippen molar-refractivity contribution in [3.05, 3.63) is 77.3 Å². The molecule has 0 fully saturated rings. The standard InChI is InChI=1S/C19H14ClFN4O3S/c20-12-5-1-2-7-15(12)28-16-8-3-9-17-18(16)24-19(25-29(17,26)27)23-11-14-13(21)6-4-10-22-14/h1-10H,11H2,(H2,23,24,25). The summed E-state index contributed by atoms with van der Waals surface area (Å²) in [6.07, 6.45) is 1.43. The molecule has 0 bridgehead atoms. The van der Waals surface area contributed by atoms with E-state index in [9.17, 15) is 12.8 Å². The number of aromatic nitrogens is 1. The van der Waals surface area contributed by atoms with Crippen molar-refractivity contribution in [1.82, 2.24) is 9.71 Å². The second-order valence-corrected chi connectivity index (χ2v) is 8.05. The molecule has 0 amide bonds. The number of nitrogens with one attached hydrogen (secondary N) is 2. The van der Waals surface area contributed by atoms with Crippen LogP contribution in [0.15, 0.2) is 70.7 Å². The molecule has 0 spiro atoms.